The molecule has 0 bridgehead atoms. The van der Waals surface area contributed by atoms with Crippen LogP contribution in [0.3, 0.4) is 0 Å². The number of rotatable bonds is 2. The Morgan fingerprint density at radius 2 is 1.82 bits per heavy atom. The fourth-order valence-corrected chi connectivity index (χ4v) is 0.726. The molecule has 0 saturated heterocycles. The molecule has 0 saturated carbocycles. The third-order valence-electron chi connectivity index (χ3n) is 1.33. The van der Waals surface area contributed by atoms with Gasteiger partial charge in [0.1, 0.15) is 0 Å². The predicted octanol–water partition coefficient (Wildman–Crippen LogP) is -0.540. The molecular formula is C7H6BNO2. The number of hydrogen-bond donors (Lipinski definition) is 1. The van der Waals surface area contributed by atoms with Crippen molar-refractivity contribution in [2.24, 2.45) is 5.73 Å². The van der Waals surface area contributed by atoms with Crippen LogP contribution >= 0.6 is 0 Å². The Morgan fingerprint density at radius 3 is 2.18 bits per heavy atom. The van der Waals surface area contributed by atoms with Crippen molar-refractivity contribution in [1.82, 2.24) is 0 Å². The summed E-state index contributed by atoms with van der Waals surface area (Å²) in [5.41, 5.74) is 5.93. The first-order valence-electron chi connectivity index (χ1n) is 3.09. The second kappa shape index (κ2) is 3.10. The van der Waals surface area contributed by atoms with Gasteiger partial charge in [0.15, 0.2) is 0 Å². The summed E-state index contributed by atoms with van der Waals surface area (Å²) in [6.45, 7) is 0. The average Bonchev–Trinajstić information content (AvgIpc) is 2.05. The molecule has 1 aromatic rings. The monoisotopic (exact) mass is 147 g/mol. The van der Waals surface area contributed by atoms with E-state index in [-0.39, 0.29) is 0 Å². The van der Waals surface area contributed by atoms with Gasteiger partial charge in [-0.1, -0.05) is 0 Å². The zero-order valence-electron chi connectivity index (χ0n) is 5.78. The molecule has 0 heterocycles. The zero-order valence-corrected chi connectivity index (χ0v) is 5.78. The average molecular weight is 147 g/mol. The van der Waals surface area contributed by atoms with Gasteiger partial charge in [0.2, 0.25) is 0 Å². The first-order chi connectivity index (χ1) is 5.24. The maximum absolute atomic E-state index is 10.5. The summed E-state index contributed by atoms with van der Waals surface area (Å²) in [4.78, 5) is 10.5. The topological polar surface area (TPSA) is 60.2 Å². The maximum atomic E-state index is 10.5. The number of nitrogens with two attached hydrogens (primary N) is 1. The van der Waals surface area contributed by atoms with Crippen molar-refractivity contribution in [2.45, 2.75) is 0 Å². The molecule has 4 heteroatoms. The van der Waals surface area contributed by atoms with Crippen molar-refractivity contribution in [1.29, 1.82) is 0 Å². The quantitative estimate of drug-likeness (QED) is 0.571. The van der Waals surface area contributed by atoms with Gasteiger partial charge in [-0.05, 0) is 0 Å². The number of hydrogen-bond acceptors (Lipinski definition) is 2. The molecule has 1 rings (SSSR count). The van der Waals surface area contributed by atoms with E-state index in [1.165, 1.54) is 12.1 Å². The van der Waals surface area contributed by atoms with Crippen LogP contribution < -0.4 is 11.2 Å². The van der Waals surface area contributed by atoms with Gasteiger partial charge in [-0.15, -0.1) is 0 Å². The van der Waals surface area contributed by atoms with Crippen LogP contribution in [0.15, 0.2) is 24.3 Å². The molecule has 3 nitrogen and oxygen atoms in total. The summed E-state index contributed by atoms with van der Waals surface area (Å²) in [6, 6.07) is 6.14. The fourth-order valence-electron chi connectivity index (χ4n) is 0.726. The van der Waals surface area contributed by atoms with Crippen molar-refractivity contribution in [2.75, 3.05) is 0 Å². The fraction of sp³-hybridized carbons (Fsp3) is 0. The molecule has 0 aromatic heterocycles. The molecule has 11 heavy (non-hydrogen) atoms. The third-order valence-corrected chi connectivity index (χ3v) is 1.33. The Labute approximate surface area is 64.5 Å². The molecule has 0 atom stereocenters. The Kier molecular flexibility index (Phi) is 2.16. The summed E-state index contributed by atoms with van der Waals surface area (Å²) in [5.74, 6) is -0.484. The molecule has 0 aliphatic heterocycles. The summed E-state index contributed by atoms with van der Waals surface area (Å²) in [7, 11) is 0.713. The second-order valence-electron chi connectivity index (χ2n) is 2.10. The van der Waals surface area contributed by atoms with E-state index in [1.807, 2.05) is 0 Å². The summed E-state index contributed by atoms with van der Waals surface area (Å²) < 4.78 is 10.2. The van der Waals surface area contributed by atoms with Crippen molar-refractivity contribution in [3.8, 4) is 0 Å². The van der Waals surface area contributed by atoms with Gasteiger partial charge in [-0.2, -0.15) is 0 Å². The summed E-state index contributed by atoms with van der Waals surface area (Å²) >= 11 is 0. The van der Waals surface area contributed by atoms with E-state index >= 15 is 0 Å². The third kappa shape index (κ3) is 1.74. The van der Waals surface area contributed by atoms with Crippen LogP contribution in [0.5, 0.6) is 0 Å². The van der Waals surface area contributed by atoms with Gasteiger partial charge in [0.05, 0.1) is 0 Å². The molecule has 0 aliphatic carbocycles. The van der Waals surface area contributed by atoms with Gasteiger partial charge in [-0.25, -0.2) is 0 Å². The van der Waals surface area contributed by atoms with E-state index in [9.17, 15) is 9.50 Å². The predicted molar refractivity (Wildman–Crippen MR) is 41.0 cm³/mol. The Hall–Kier alpha value is -1.45. The number of carbonyl (C=O) groups excluding carboxylic acids is 1. The van der Waals surface area contributed by atoms with Crippen LogP contribution in [0.1, 0.15) is 10.4 Å². The van der Waals surface area contributed by atoms with Crippen LogP contribution in [0.25, 0.3) is 0 Å². The van der Waals surface area contributed by atoms with E-state index < -0.39 is 5.91 Å². The van der Waals surface area contributed by atoms with Crippen LogP contribution in [-0.2, 0) is 4.70 Å². The van der Waals surface area contributed by atoms with Gasteiger partial charge >= 0.3 is 63.6 Å². The van der Waals surface area contributed by atoms with Crippen LogP contribution in [0.4, 0.5) is 0 Å². The molecule has 0 aliphatic rings. The number of benzene rings is 1. The van der Waals surface area contributed by atoms with E-state index in [2.05, 4.69) is 0 Å². The SMILES string of the molecule is NC(=O)c1ccc(B=O)cc1. The van der Waals surface area contributed by atoms with Crippen LogP contribution in [-0.4, -0.2) is 13.1 Å². The second-order valence-corrected chi connectivity index (χ2v) is 2.10. The minimum atomic E-state index is -0.484. The van der Waals surface area contributed by atoms with E-state index in [0.29, 0.717) is 18.2 Å². The van der Waals surface area contributed by atoms with Crippen molar-refractivity contribution in [3.63, 3.8) is 0 Å². The molecule has 2 N–H and O–H groups in total. The molecule has 0 radical (unpaired) electrons. The number of primary amides is 1. The Bertz CT molecular complexity index is 281. The molecule has 0 fully saturated rings. The zero-order chi connectivity index (χ0) is 8.27. The van der Waals surface area contributed by atoms with Crippen molar-refractivity contribution < 1.29 is 9.50 Å². The summed E-state index contributed by atoms with van der Waals surface area (Å²) in [6.07, 6.45) is 0. The summed E-state index contributed by atoms with van der Waals surface area (Å²) in [5, 5.41) is 0. The van der Waals surface area contributed by atoms with E-state index in [4.69, 9.17) is 5.73 Å². The van der Waals surface area contributed by atoms with Crippen LogP contribution in [0.2, 0.25) is 0 Å². The molecule has 1 aromatic carbocycles. The molecule has 0 spiro atoms. The van der Waals surface area contributed by atoms with E-state index in [1.54, 1.807) is 12.1 Å². The van der Waals surface area contributed by atoms with Gasteiger partial charge in [0.25, 0.3) is 0 Å². The first kappa shape index (κ1) is 7.66. The van der Waals surface area contributed by atoms with Crippen molar-refractivity contribution in [3.05, 3.63) is 29.8 Å². The molecular weight excluding hydrogens is 141 g/mol. The van der Waals surface area contributed by atoms with Crippen molar-refractivity contribution >= 4 is 18.5 Å². The standard InChI is InChI=1S/C7H6BNO2/c9-7(10)5-1-3-6(8-11)4-2-5/h1-4H,(H2,9,10). The van der Waals surface area contributed by atoms with Gasteiger partial charge in [0, 0.05) is 0 Å². The van der Waals surface area contributed by atoms with E-state index in [0.717, 1.165) is 0 Å². The molecule has 54 valence electrons. The number of amides is 1. The van der Waals surface area contributed by atoms with Crippen LogP contribution in [0, 0.1) is 0 Å². The molecule has 0 unspecified atom stereocenters. The Balaban J connectivity index is 3.00. The minimum absolute atomic E-state index is 0.413. The van der Waals surface area contributed by atoms with Gasteiger partial charge < -0.3 is 0 Å². The first-order valence-corrected chi connectivity index (χ1v) is 3.09. The molecule has 1 amide bonds. The van der Waals surface area contributed by atoms with Gasteiger partial charge in [-0.3, -0.25) is 0 Å². The normalized spacial score (nSPS) is 8.73. The Morgan fingerprint density at radius 1 is 1.27 bits per heavy atom. The number of carbonyl (C=O) groups is 1.